The van der Waals surface area contributed by atoms with Crippen molar-refractivity contribution in [2.45, 2.75) is 5.92 Å². The van der Waals surface area contributed by atoms with Crippen LogP contribution in [0.25, 0.3) is 11.1 Å². The van der Waals surface area contributed by atoms with Gasteiger partial charge in [0.15, 0.2) is 0 Å². The molecule has 1 aliphatic carbocycles. The van der Waals surface area contributed by atoms with Gasteiger partial charge in [-0.25, -0.2) is 4.79 Å². The van der Waals surface area contributed by atoms with E-state index in [0.717, 1.165) is 17.4 Å². The second-order valence-corrected chi connectivity index (χ2v) is 4.68. The molecule has 5 nitrogen and oxygen atoms in total. The van der Waals surface area contributed by atoms with E-state index in [1.54, 1.807) is 24.3 Å². The Labute approximate surface area is 119 Å². The molecule has 2 aromatic carbocycles. The lowest BCUT2D eigenvalue weighted by atomic mass is 9.97. The Morgan fingerprint density at radius 1 is 1.05 bits per heavy atom. The van der Waals surface area contributed by atoms with Crippen LogP contribution >= 0.6 is 0 Å². The number of rotatable bonds is 4. The second-order valence-electron chi connectivity index (χ2n) is 4.68. The van der Waals surface area contributed by atoms with Gasteiger partial charge in [0.25, 0.3) is 6.47 Å². The van der Waals surface area contributed by atoms with Gasteiger partial charge < -0.3 is 14.6 Å². The van der Waals surface area contributed by atoms with Crippen LogP contribution in [-0.2, 0) is 9.59 Å². The summed E-state index contributed by atoms with van der Waals surface area (Å²) in [6, 6.07) is 9.74. The van der Waals surface area contributed by atoms with Gasteiger partial charge in [-0.05, 0) is 46.5 Å². The highest BCUT2D eigenvalue weighted by molar-refractivity contribution is 5.93. The molecule has 0 saturated heterocycles. The average molecular weight is 282 g/mol. The van der Waals surface area contributed by atoms with Crippen molar-refractivity contribution >= 4 is 18.7 Å². The Morgan fingerprint density at radius 3 is 2.33 bits per heavy atom. The first kappa shape index (κ1) is 13.1. The van der Waals surface area contributed by atoms with Gasteiger partial charge in [-0.1, -0.05) is 12.1 Å². The summed E-state index contributed by atoms with van der Waals surface area (Å²) in [4.78, 5) is 32.9. The van der Waals surface area contributed by atoms with Gasteiger partial charge in [0.05, 0.1) is 11.5 Å². The summed E-state index contributed by atoms with van der Waals surface area (Å²) in [5.41, 5.74) is 3.17. The Morgan fingerprint density at radius 2 is 1.71 bits per heavy atom. The molecular formula is C16H10O5. The van der Waals surface area contributed by atoms with Gasteiger partial charge in [-0.15, -0.1) is 0 Å². The Kier molecular flexibility index (Phi) is 3.02. The minimum Gasteiger partial charge on any atom is -0.478 e. The summed E-state index contributed by atoms with van der Waals surface area (Å²) in [5.74, 6) is -1.24. The van der Waals surface area contributed by atoms with E-state index in [2.05, 4.69) is 0 Å². The van der Waals surface area contributed by atoms with E-state index in [9.17, 15) is 14.4 Å². The third-order valence-corrected chi connectivity index (χ3v) is 3.60. The number of carboxylic acids is 1. The number of hydrogen-bond acceptors (Lipinski definition) is 4. The number of carbonyl (C=O) groups is 3. The van der Waals surface area contributed by atoms with Gasteiger partial charge >= 0.3 is 5.97 Å². The van der Waals surface area contributed by atoms with Crippen molar-refractivity contribution in [1.82, 2.24) is 0 Å². The summed E-state index contributed by atoms with van der Waals surface area (Å²) in [6.45, 7) is 0.322. The molecule has 0 spiro atoms. The Bertz CT molecular complexity index is 763. The maximum Gasteiger partial charge on any atom is 0.335 e. The molecule has 0 radical (unpaired) electrons. The van der Waals surface area contributed by atoms with Crippen molar-refractivity contribution in [2.75, 3.05) is 0 Å². The molecule has 1 atom stereocenters. The van der Waals surface area contributed by atoms with Crippen molar-refractivity contribution in [2.24, 2.45) is 0 Å². The van der Waals surface area contributed by atoms with E-state index in [0.29, 0.717) is 23.3 Å². The van der Waals surface area contributed by atoms with Gasteiger partial charge in [0, 0.05) is 0 Å². The number of fused-ring (bicyclic) bond motifs is 3. The fourth-order valence-corrected chi connectivity index (χ4v) is 2.68. The minimum atomic E-state index is -1.04. The predicted molar refractivity (Wildman–Crippen MR) is 73.4 cm³/mol. The SMILES string of the molecule is O=COc1ccc2c(c1)C(C=O)c1cc(C(=O)O)ccc1-2. The van der Waals surface area contributed by atoms with Crippen LogP contribution in [-0.4, -0.2) is 23.8 Å². The topological polar surface area (TPSA) is 80.7 Å². The number of aromatic carboxylic acids is 1. The first-order chi connectivity index (χ1) is 10.2. The van der Waals surface area contributed by atoms with Crippen molar-refractivity contribution < 1.29 is 24.2 Å². The molecule has 5 heteroatoms. The van der Waals surface area contributed by atoms with Gasteiger partial charge in [0.1, 0.15) is 12.0 Å². The van der Waals surface area contributed by atoms with Crippen LogP contribution in [0.4, 0.5) is 0 Å². The van der Waals surface area contributed by atoms with E-state index in [1.807, 2.05) is 0 Å². The number of aldehydes is 1. The maximum absolute atomic E-state index is 11.4. The molecule has 0 bridgehead atoms. The molecule has 0 aromatic heterocycles. The smallest absolute Gasteiger partial charge is 0.335 e. The van der Waals surface area contributed by atoms with Crippen LogP contribution in [0.1, 0.15) is 27.4 Å². The van der Waals surface area contributed by atoms with Gasteiger partial charge in [-0.2, -0.15) is 0 Å². The summed E-state index contributed by atoms with van der Waals surface area (Å²) in [7, 11) is 0. The molecule has 0 heterocycles. The quantitative estimate of drug-likeness (QED) is 0.870. The zero-order chi connectivity index (χ0) is 15.0. The van der Waals surface area contributed by atoms with Crippen LogP contribution < -0.4 is 4.74 Å². The Hall–Kier alpha value is -2.95. The number of hydrogen-bond donors (Lipinski definition) is 1. The highest BCUT2D eigenvalue weighted by Gasteiger charge is 2.29. The average Bonchev–Trinajstić information content (AvgIpc) is 2.79. The highest BCUT2D eigenvalue weighted by atomic mass is 16.5. The van der Waals surface area contributed by atoms with Crippen LogP contribution in [0, 0.1) is 0 Å². The summed E-state index contributed by atoms with van der Waals surface area (Å²) in [5, 5.41) is 9.06. The minimum absolute atomic E-state index is 0.137. The molecule has 21 heavy (non-hydrogen) atoms. The summed E-state index contributed by atoms with van der Waals surface area (Å²) < 4.78 is 4.79. The zero-order valence-electron chi connectivity index (χ0n) is 10.8. The monoisotopic (exact) mass is 282 g/mol. The van der Waals surface area contributed by atoms with Gasteiger partial charge in [-0.3, -0.25) is 4.79 Å². The lowest BCUT2D eigenvalue weighted by molar-refractivity contribution is -0.120. The molecular weight excluding hydrogens is 272 g/mol. The summed E-state index contributed by atoms with van der Waals surface area (Å²) >= 11 is 0. The molecule has 1 N–H and O–H groups in total. The molecule has 0 amide bonds. The predicted octanol–water partition coefficient (Wildman–Crippen LogP) is 2.23. The molecule has 1 unspecified atom stereocenters. The van der Waals surface area contributed by atoms with Crippen molar-refractivity contribution in [3.05, 3.63) is 53.1 Å². The molecule has 0 aliphatic heterocycles. The standard InChI is InChI=1S/C16H10O5/c17-7-15-13-5-9(16(19)20)1-3-11(13)12-4-2-10(21-8-18)6-14(12)15/h1-8,15H,(H,19,20). The van der Waals surface area contributed by atoms with E-state index in [4.69, 9.17) is 9.84 Å². The normalized spacial score (nSPS) is 15.0. The molecule has 0 saturated carbocycles. The lowest BCUT2D eigenvalue weighted by Crippen LogP contribution is -2.01. The first-order valence-corrected chi connectivity index (χ1v) is 6.23. The second kappa shape index (κ2) is 4.86. The molecule has 2 aromatic rings. The maximum atomic E-state index is 11.4. The van der Waals surface area contributed by atoms with E-state index < -0.39 is 11.9 Å². The first-order valence-electron chi connectivity index (χ1n) is 6.23. The van der Waals surface area contributed by atoms with E-state index in [-0.39, 0.29) is 5.56 Å². The molecule has 104 valence electrons. The number of carbonyl (C=O) groups excluding carboxylic acids is 2. The third kappa shape index (κ3) is 1.99. The molecule has 1 aliphatic rings. The van der Waals surface area contributed by atoms with E-state index in [1.165, 1.54) is 12.1 Å². The highest BCUT2D eigenvalue weighted by Crippen LogP contribution is 2.45. The fraction of sp³-hybridized carbons (Fsp3) is 0.0625. The molecule has 0 fully saturated rings. The summed E-state index contributed by atoms with van der Waals surface area (Å²) in [6.07, 6.45) is 0.765. The number of ether oxygens (including phenoxy) is 1. The van der Waals surface area contributed by atoms with Crippen LogP contribution in [0.5, 0.6) is 5.75 Å². The third-order valence-electron chi connectivity index (χ3n) is 3.60. The van der Waals surface area contributed by atoms with Crippen LogP contribution in [0.3, 0.4) is 0 Å². The van der Waals surface area contributed by atoms with Crippen molar-refractivity contribution in [3.63, 3.8) is 0 Å². The van der Waals surface area contributed by atoms with E-state index >= 15 is 0 Å². The number of benzene rings is 2. The fourth-order valence-electron chi connectivity index (χ4n) is 2.68. The van der Waals surface area contributed by atoms with Gasteiger partial charge in [0.2, 0.25) is 0 Å². The number of carboxylic acid groups (broad SMARTS) is 1. The Balaban J connectivity index is 2.18. The van der Waals surface area contributed by atoms with Crippen molar-refractivity contribution in [1.29, 1.82) is 0 Å². The zero-order valence-corrected chi connectivity index (χ0v) is 10.8. The largest absolute Gasteiger partial charge is 0.478 e. The lowest BCUT2D eigenvalue weighted by Gasteiger charge is -2.06. The van der Waals surface area contributed by atoms with Crippen LogP contribution in [0.15, 0.2) is 36.4 Å². The molecule has 3 rings (SSSR count). The van der Waals surface area contributed by atoms with Crippen LogP contribution in [0.2, 0.25) is 0 Å². The van der Waals surface area contributed by atoms with Crippen molar-refractivity contribution in [3.8, 4) is 16.9 Å².